The lowest BCUT2D eigenvalue weighted by atomic mass is 10.1. The van der Waals surface area contributed by atoms with E-state index in [1.807, 2.05) is 0 Å². The molecule has 0 radical (unpaired) electrons. The second-order valence-electron chi connectivity index (χ2n) is 6.38. The van der Waals surface area contributed by atoms with Crippen molar-refractivity contribution < 1.29 is 22.5 Å². The predicted octanol–water partition coefficient (Wildman–Crippen LogP) is 3.67. The van der Waals surface area contributed by atoms with Gasteiger partial charge in [0, 0.05) is 42.6 Å². The predicted molar refractivity (Wildman–Crippen MR) is 88.8 cm³/mol. The maximum absolute atomic E-state index is 13.8. The molecule has 0 saturated carbocycles. The number of hydrogen-bond donors (Lipinski definition) is 0. The minimum Gasteiger partial charge on any atom is -0.337 e. The molecule has 27 heavy (non-hydrogen) atoms. The molecule has 1 saturated heterocycles. The van der Waals surface area contributed by atoms with Crippen LogP contribution in [0.25, 0.3) is 11.5 Å². The zero-order valence-electron chi connectivity index (χ0n) is 14.0. The number of rotatable bonds is 4. The summed E-state index contributed by atoms with van der Waals surface area (Å²) in [4.78, 5) is 18.0. The molecule has 8 heteroatoms. The third kappa shape index (κ3) is 3.55. The van der Waals surface area contributed by atoms with Crippen LogP contribution >= 0.6 is 0 Å². The van der Waals surface area contributed by atoms with Gasteiger partial charge in [-0.25, -0.2) is 13.2 Å². The van der Waals surface area contributed by atoms with Gasteiger partial charge in [0.05, 0.1) is 0 Å². The maximum atomic E-state index is 13.8. The van der Waals surface area contributed by atoms with E-state index < -0.39 is 17.5 Å². The van der Waals surface area contributed by atoms with E-state index in [0.29, 0.717) is 11.4 Å². The smallest absolute Gasteiger partial charge is 0.258 e. The standard InChI is InChI=1S/C19H14F3N3O2/c20-14-3-1-2-11(6-14)19-23-18(24-27-19)13-7-17(26)25(10-13)9-12-4-5-15(21)8-16(12)22/h1-6,8,13H,7,9-10H2. The van der Waals surface area contributed by atoms with Crippen molar-refractivity contribution in [1.29, 1.82) is 0 Å². The molecule has 3 aromatic rings. The quantitative estimate of drug-likeness (QED) is 0.700. The van der Waals surface area contributed by atoms with Crippen molar-refractivity contribution in [2.45, 2.75) is 18.9 Å². The number of nitrogens with zero attached hydrogens (tertiary/aromatic N) is 3. The van der Waals surface area contributed by atoms with Crippen LogP contribution in [0.5, 0.6) is 0 Å². The van der Waals surface area contributed by atoms with Crippen molar-refractivity contribution in [2.24, 2.45) is 0 Å². The average molecular weight is 373 g/mol. The highest BCUT2D eigenvalue weighted by atomic mass is 19.1. The summed E-state index contributed by atoms with van der Waals surface area (Å²) < 4.78 is 45.4. The number of carbonyl (C=O) groups is 1. The van der Waals surface area contributed by atoms with E-state index in [1.165, 1.54) is 29.2 Å². The van der Waals surface area contributed by atoms with Gasteiger partial charge in [-0.3, -0.25) is 4.79 Å². The van der Waals surface area contributed by atoms with Gasteiger partial charge in [0.2, 0.25) is 5.91 Å². The fraction of sp³-hybridized carbons (Fsp3) is 0.211. The topological polar surface area (TPSA) is 59.2 Å². The number of carbonyl (C=O) groups excluding carboxylic acids is 1. The number of amides is 1. The van der Waals surface area contributed by atoms with Gasteiger partial charge in [-0.2, -0.15) is 4.98 Å². The molecule has 1 fully saturated rings. The number of benzene rings is 2. The third-order valence-electron chi connectivity index (χ3n) is 4.47. The first-order valence-corrected chi connectivity index (χ1v) is 8.31. The molecule has 4 rings (SSSR count). The molecule has 0 bridgehead atoms. The molecule has 1 aliphatic heterocycles. The molecule has 0 aliphatic carbocycles. The lowest BCUT2D eigenvalue weighted by molar-refractivity contribution is -0.128. The van der Waals surface area contributed by atoms with Crippen LogP contribution in [0.15, 0.2) is 47.0 Å². The second kappa shape index (κ2) is 6.86. The van der Waals surface area contributed by atoms with E-state index in [4.69, 9.17) is 4.52 Å². The Hall–Kier alpha value is -3.16. The van der Waals surface area contributed by atoms with E-state index in [-0.39, 0.29) is 42.8 Å². The largest absolute Gasteiger partial charge is 0.337 e. The first-order chi connectivity index (χ1) is 13.0. The summed E-state index contributed by atoms with van der Waals surface area (Å²) in [6.07, 6.45) is 0.158. The molecule has 0 spiro atoms. The van der Waals surface area contributed by atoms with Crippen LogP contribution in [-0.4, -0.2) is 27.5 Å². The van der Waals surface area contributed by atoms with E-state index in [1.54, 1.807) is 6.07 Å². The fourth-order valence-electron chi connectivity index (χ4n) is 3.09. The Morgan fingerprint density at radius 3 is 2.70 bits per heavy atom. The summed E-state index contributed by atoms with van der Waals surface area (Å²) in [7, 11) is 0. The van der Waals surface area contributed by atoms with Crippen LogP contribution in [0.4, 0.5) is 13.2 Å². The summed E-state index contributed by atoms with van der Waals surface area (Å²) >= 11 is 0. The Bertz CT molecular complexity index is 1010. The van der Waals surface area contributed by atoms with Crippen molar-refractivity contribution in [2.75, 3.05) is 6.54 Å². The molecule has 5 nitrogen and oxygen atoms in total. The van der Waals surface area contributed by atoms with Crippen LogP contribution in [0.2, 0.25) is 0 Å². The molecule has 1 aromatic heterocycles. The summed E-state index contributed by atoms with van der Waals surface area (Å²) in [6, 6.07) is 9.03. The van der Waals surface area contributed by atoms with Crippen molar-refractivity contribution in [3.63, 3.8) is 0 Å². The maximum Gasteiger partial charge on any atom is 0.258 e. The van der Waals surface area contributed by atoms with Crippen molar-refractivity contribution in [3.8, 4) is 11.5 Å². The molecule has 2 heterocycles. The lowest BCUT2D eigenvalue weighted by Gasteiger charge is -2.16. The monoisotopic (exact) mass is 373 g/mol. The van der Waals surface area contributed by atoms with Crippen molar-refractivity contribution in [3.05, 3.63) is 71.3 Å². The van der Waals surface area contributed by atoms with Gasteiger partial charge in [-0.15, -0.1) is 0 Å². The van der Waals surface area contributed by atoms with Crippen molar-refractivity contribution in [1.82, 2.24) is 15.0 Å². The Kier molecular flexibility index (Phi) is 4.39. The Morgan fingerprint density at radius 1 is 1.11 bits per heavy atom. The second-order valence-corrected chi connectivity index (χ2v) is 6.38. The van der Waals surface area contributed by atoms with Gasteiger partial charge >= 0.3 is 0 Å². The summed E-state index contributed by atoms with van der Waals surface area (Å²) in [5, 5.41) is 3.90. The molecule has 1 atom stereocenters. The normalized spacial score (nSPS) is 16.9. The first-order valence-electron chi connectivity index (χ1n) is 8.31. The van der Waals surface area contributed by atoms with E-state index in [0.717, 1.165) is 12.1 Å². The minimum atomic E-state index is -0.695. The van der Waals surface area contributed by atoms with E-state index in [2.05, 4.69) is 10.1 Å². The number of hydrogen-bond acceptors (Lipinski definition) is 4. The van der Waals surface area contributed by atoms with Crippen LogP contribution in [0.3, 0.4) is 0 Å². The first kappa shape index (κ1) is 17.3. The van der Waals surface area contributed by atoms with Crippen LogP contribution in [0, 0.1) is 17.5 Å². The Labute approximate surface area is 152 Å². The number of likely N-dealkylation sites (tertiary alicyclic amines) is 1. The van der Waals surface area contributed by atoms with Gasteiger partial charge in [0.15, 0.2) is 5.82 Å². The minimum absolute atomic E-state index is 0.0377. The SMILES string of the molecule is O=C1CC(c2noc(-c3cccc(F)c3)n2)CN1Cc1ccc(F)cc1F. The van der Waals surface area contributed by atoms with E-state index in [9.17, 15) is 18.0 Å². The number of halogens is 3. The number of aromatic nitrogens is 2. The zero-order chi connectivity index (χ0) is 19.0. The molecule has 1 unspecified atom stereocenters. The van der Waals surface area contributed by atoms with Gasteiger partial charge in [0.1, 0.15) is 17.5 Å². The molecule has 2 aromatic carbocycles. The Morgan fingerprint density at radius 2 is 1.93 bits per heavy atom. The summed E-state index contributed by atoms with van der Waals surface area (Å²) in [5.74, 6) is -1.77. The molecule has 138 valence electrons. The zero-order valence-corrected chi connectivity index (χ0v) is 14.0. The van der Waals surface area contributed by atoms with Gasteiger partial charge in [-0.05, 0) is 24.3 Å². The lowest BCUT2D eigenvalue weighted by Crippen LogP contribution is -2.25. The van der Waals surface area contributed by atoms with Crippen molar-refractivity contribution >= 4 is 5.91 Å². The molecular formula is C19H14F3N3O2. The third-order valence-corrected chi connectivity index (χ3v) is 4.47. The van der Waals surface area contributed by atoms with Gasteiger partial charge in [0.25, 0.3) is 5.89 Å². The molecular weight excluding hydrogens is 359 g/mol. The highest BCUT2D eigenvalue weighted by Crippen LogP contribution is 2.29. The van der Waals surface area contributed by atoms with Crippen LogP contribution in [-0.2, 0) is 11.3 Å². The van der Waals surface area contributed by atoms with Crippen LogP contribution < -0.4 is 0 Å². The van der Waals surface area contributed by atoms with Gasteiger partial charge in [-0.1, -0.05) is 17.3 Å². The fourth-order valence-corrected chi connectivity index (χ4v) is 3.09. The molecule has 1 aliphatic rings. The average Bonchev–Trinajstić information content (AvgIpc) is 3.25. The highest BCUT2D eigenvalue weighted by molar-refractivity contribution is 5.79. The van der Waals surface area contributed by atoms with Crippen LogP contribution in [0.1, 0.15) is 23.7 Å². The molecule has 0 N–H and O–H groups in total. The summed E-state index contributed by atoms with van der Waals surface area (Å²) in [6.45, 7) is 0.327. The Balaban J connectivity index is 1.49. The van der Waals surface area contributed by atoms with Gasteiger partial charge < -0.3 is 9.42 Å². The highest BCUT2D eigenvalue weighted by Gasteiger charge is 2.34. The van der Waals surface area contributed by atoms with E-state index >= 15 is 0 Å². The summed E-state index contributed by atoms with van der Waals surface area (Å²) in [5.41, 5.74) is 0.683. The molecule has 1 amide bonds.